The zero-order chi connectivity index (χ0) is 26.7. The highest BCUT2D eigenvalue weighted by atomic mass is 16.5. The van der Waals surface area contributed by atoms with Gasteiger partial charge in [0.15, 0.2) is 5.78 Å². The van der Waals surface area contributed by atoms with Crippen molar-refractivity contribution in [3.8, 4) is 5.75 Å². The maximum atomic E-state index is 13.2. The van der Waals surface area contributed by atoms with E-state index in [9.17, 15) is 9.59 Å². The monoisotopic (exact) mass is 520 g/mol. The Bertz CT molecular complexity index is 1490. The molecule has 2 aliphatic rings. The second-order valence-electron chi connectivity index (χ2n) is 10.5. The number of nitrogens with zero attached hydrogens (tertiary/aromatic N) is 1. The molecule has 39 heavy (non-hydrogen) atoms. The van der Waals surface area contributed by atoms with Crippen molar-refractivity contribution in [3.05, 3.63) is 108 Å². The molecule has 0 unspecified atom stereocenters. The Hall–Kier alpha value is -4.16. The lowest BCUT2D eigenvalue weighted by atomic mass is 9.82. The summed E-state index contributed by atoms with van der Waals surface area (Å²) in [7, 11) is 0. The van der Waals surface area contributed by atoms with Crippen LogP contribution in [0.5, 0.6) is 5.75 Å². The molecule has 4 aromatic carbocycles. The lowest BCUT2D eigenvalue weighted by Crippen LogP contribution is -2.51. The second kappa shape index (κ2) is 10.9. The van der Waals surface area contributed by atoms with Crippen molar-refractivity contribution in [2.45, 2.75) is 37.9 Å². The lowest BCUT2D eigenvalue weighted by Gasteiger charge is -2.44. The number of benzene rings is 4. The van der Waals surface area contributed by atoms with Crippen LogP contribution >= 0.6 is 0 Å². The van der Waals surface area contributed by atoms with Gasteiger partial charge < -0.3 is 14.4 Å². The molecule has 6 heteroatoms. The fourth-order valence-electron chi connectivity index (χ4n) is 5.70. The molecule has 0 aliphatic carbocycles. The SMILES string of the molecule is O=C(Nc1ccc2c(c1)C(=O)CC1(CCN(CCc3cccc4ccccc34)CC1)O2)OCc1ccccc1. The third-order valence-corrected chi connectivity index (χ3v) is 7.89. The Kier molecular flexibility index (Phi) is 7.03. The molecule has 0 atom stereocenters. The van der Waals surface area contributed by atoms with Gasteiger partial charge in [-0.3, -0.25) is 10.1 Å². The Morgan fingerprint density at radius 2 is 1.69 bits per heavy atom. The van der Waals surface area contributed by atoms with Crippen LogP contribution in [0.25, 0.3) is 10.8 Å². The minimum Gasteiger partial charge on any atom is -0.486 e. The molecule has 2 aliphatic heterocycles. The van der Waals surface area contributed by atoms with E-state index in [0.717, 1.165) is 44.5 Å². The first-order valence-corrected chi connectivity index (χ1v) is 13.6. The smallest absolute Gasteiger partial charge is 0.411 e. The standard InChI is InChI=1S/C33H32N2O4/c36-30-22-33(16-19-35(20-17-33)18-15-26-11-6-10-25-9-4-5-12-28(25)26)39-31-14-13-27(21-29(30)31)34-32(37)38-23-24-7-2-1-3-8-24/h1-14,21H,15-20,22-23H2,(H,34,37). The van der Waals surface area contributed by atoms with Crippen LogP contribution in [0.2, 0.25) is 0 Å². The highest BCUT2D eigenvalue weighted by Gasteiger charge is 2.43. The van der Waals surface area contributed by atoms with Gasteiger partial charge in [0.2, 0.25) is 0 Å². The summed E-state index contributed by atoms with van der Waals surface area (Å²) in [5, 5.41) is 5.33. The van der Waals surface area contributed by atoms with Crippen LogP contribution < -0.4 is 10.1 Å². The van der Waals surface area contributed by atoms with Gasteiger partial charge in [-0.25, -0.2) is 4.79 Å². The van der Waals surface area contributed by atoms with Crippen molar-refractivity contribution in [1.29, 1.82) is 0 Å². The molecule has 0 radical (unpaired) electrons. The number of anilines is 1. The van der Waals surface area contributed by atoms with Crippen LogP contribution in [0, 0.1) is 0 Å². The molecule has 1 N–H and O–H groups in total. The molecular formula is C33H32N2O4. The molecule has 6 rings (SSSR count). The molecule has 4 aromatic rings. The number of amides is 1. The maximum absolute atomic E-state index is 13.2. The molecule has 198 valence electrons. The van der Waals surface area contributed by atoms with Crippen molar-refractivity contribution < 1.29 is 19.1 Å². The van der Waals surface area contributed by atoms with Crippen LogP contribution in [-0.2, 0) is 17.8 Å². The van der Waals surface area contributed by atoms with Crippen molar-refractivity contribution in [2.24, 2.45) is 0 Å². The van der Waals surface area contributed by atoms with Crippen molar-refractivity contribution >= 4 is 28.3 Å². The summed E-state index contributed by atoms with van der Waals surface area (Å²) < 4.78 is 11.8. The molecule has 6 nitrogen and oxygen atoms in total. The van der Waals surface area contributed by atoms with Crippen LogP contribution in [-0.4, -0.2) is 42.0 Å². The maximum Gasteiger partial charge on any atom is 0.411 e. The predicted octanol–water partition coefficient (Wildman–Crippen LogP) is 6.63. The highest BCUT2D eigenvalue weighted by molar-refractivity contribution is 6.02. The number of carbonyl (C=O) groups excluding carboxylic acids is 2. The summed E-state index contributed by atoms with van der Waals surface area (Å²) >= 11 is 0. The van der Waals surface area contributed by atoms with Gasteiger partial charge in [-0.2, -0.15) is 0 Å². The van der Waals surface area contributed by atoms with E-state index in [-0.39, 0.29) is 12.4 Å². The number of piperidine rings is 1. The van der Waals surface area contributed by atoms with E-state index < -0.39 is 11.7 Å². The van der Waals surface area contributed by atoms with Gasteiger partial charge >= 0.3 is 6.09 Å². The van der Waals surface area contributed by atoms with Crippen LogP contribution in [0.4, 0.5) is 10.5 Å². The summed E-state index contributed by atoms with van der Waals surface area (Å²) in [6.07, 6.45) is 2.44. The Labute approximate surface area is 228 Å². The third-order valence-electron chi connectivity index (χ3n) is 7.89. The number of nitrogens with one attached hydrogen (secondary N) is 1. The first kappa shape index (κ1) is 25.1. The summed E-state index contributed by atoms with van der Waals surface area (Å²) in [4.78, 5) is 27.9. The molecular weight excluding hydrogens is 488 g/mol. The minimum absolute atomic E-state index is 0.0572. The average Bonchev–Trinajstić information content (AvgIpc) is 2.97. The number of fused-ring (bicyclic) bond motifs is 2. The zero-order valence-electron chi connectivity index (χ0n) is 21.9. The van der Waals surface area contributed by atoms with E-state index in [1.807, 2.05) is 30.3 Å². The molecule has 0 aromatic heterocycles. The number of ether oxygens (including phenoxy) is 2. The van der Waals surface area contributed by atoms with E-state index in [1.165, 1.54) is 16.3 Å². The summed E-state index contributed by atoms with van der Waals surface area (Å²) in [5.74, 6) is 0.653. The van der Waals surface area contributed by atoms with E-state index in [0.29, 0.717) is 23.4 Å². The quantitative estimate of drug-likeness (QED) is 0.309. The van der Waals surface area contributed by atoms with Crippen LogP contribution in [0.15, 0.2) is 91.0 Å². The number of Topliss-reactive ketones (excluding diaryl/α,β-unsaturated/α-hetero) is 1. The lowest BCUT2D eigenvalue weighted by molar-refractivity contribution is -0.00864. The minimum atomic E-state index is -0.560. The number of hydrogen-bond donors (Lipinski definition) is 1. The fraction of sp³-hybridized carbons (Fsp3) is 0.273. The summed E-state index contributed by atoms with van der Waals surface area (Å²) in [6, 6.07) is 29.8. The van der Waals surface area contributed by atoms with Gasteiger partial charge in [0.25, 0.3) is 0 Å². The number of rotatable bonds is 6. The molecule has 2 heterocycles. The number of ketones is 1. The van der Waals surface area contributed by atoms with Crippen molar-refractivity contribution in [2.75, 3.05) is 25.0 Å². The van der Waals surface area contributed by atoms with Crippen LogP contribution in [0.1, 0.15) is 40.7 Å². The largest absolute Gasteiger partial charge is 0.486 e. The van der Waals surface area contributed by atoms with E-state index in [4.69, 9.17) is 9.47 Å². The number of likely N-dealkylation sites (tertiary alicyclic amines) is 1. The highest BCUT2D eigenvalue weighted by Crippen LogP contribution is 2.40. The van der Waals surface area contributed by atoms with Gasteiger partial charge in [0.05, 0.1) is 12.0 Å². The normalized spacial score (nSPS) is 16.5. The molecule has 0 bridgehead atoms. The Morgan fingerprint density at radius 1 is 0.923 bits per heavy atom. The molecule has 0 saturated carbocycles. The van der Waals surface area contributed by atoms with Gasteiger partial charge in [0, 0.05) is 38.2 Å². The predicted molar refractivity (Wildman–Crippen MR) is 152 cm³/mol. The Morgan fingerprint density at radius 3 is 2.54 bits per heavy atom. The molecule has 1 saturated heterocycles. The average molecular weight is 521 g/mol. The number of hydrogen-bond acceptors (Lipinski definition) is 5. The summed E-state index contributed by atoms with van der Waals surface area (Å²) in [5.41, 5.74) is 2.86. The van der Waals surface area contributed by atoms with Gasteiger partial charge in [-0.1, -0.05) is 72.8 Å². The number of carbonyl (C=O) groups is 2. The first-order chi connectivity index (χ1) is 19.1. The van der Waals surface area contributed by atoms with Gasteiger partial charge in [0.1, 0.15) is 18.0 Å². The van der Waals surface area contributed by atoms with E-state index in [1.54, 1.807) is 18.2 Å². The van der Waals surface area contributed by atoms with Crippen molar-refractivity contribution in [3.63, 3.8) is 0 Å². The molecule has 1 amide bonds. The van der Waals surface area contributed by atoms with E-state index >= 15 is 0 Å². The molecule has 1 spiro atoms. The first-order valence-electron chi connectivity index (χ1n) is 13.6. The fourth-order valence-corrected chi connectivity index (χ4v) is 5.70. The van der Waals surface area contributed by atoms with Crippen LogP contribution in [0.3, 0.4) is 0 Å². The van der Waals surface area contributed by atoms with Gasteiger partial charge in [-0.15, -0.1) is 0 Å². The van der Waals surface area contributed by atoms with E-state index in [2.05, 4.69) is 52.7 Å². The second-order valence-corrected chi connectivity index (χ2v) is 10.5. The summed E-state index contributed by atoms with van der Waals surface area (Å²) in [6.45, 7) is 2.98. The third kappa shape index (κ3) is 5.66. The van der Waals surface area contributed by atoms with Gasteiger partial charge in [-0.05, 0) is 46.5 Å². The Balaban J connectivity index is 1.04. The van der Waals surface area contributed by atoms with Crippen molar-refractivity contribution in [1.82, 2.24) is 4.90 Å². The molecule has 1 fully saturated rings. The topological polar surface area (TPSA) is 67.9 Å². The zero-order valence-corrected chi connectivity index (χ0v) is 21.9.